The lowest BCUT2D eigenvalue weighted by atomic mass is 9.98. The van der Waals surface area contributed by atoms with E-state index in [9.17, 15) is 9.90 Å². The highest BCUT2D eigenvalue weighted by Crippen LogP contribution is 2.26. The van der Waals surface area contributed by atoms with Crippen molar-refractivity contribution >= 4 is 5.78 Å². The Balaban J connectivity index is 0.00000338. The summed E-state index contributed by atoms with van der Waals surface area (Å²) in [5.41, 5.74) is 3.13. The number of likely N-dealkylation sites (N-methyl/N-ethyl adjacent to an activating group) is 1. The van der Waals surface area contributed by atoms with E-state index in [0.29, 0.717) is 22.2 Å². The van der Waals surface area contributed by atoms with Crippen LogP contribution in [0.25, 0.3) is 0 Å². The smallest absolute Gasteiger partial charge is 0.193 e. The predicted octanol–water partition coefficient (Wildman–Crippen LogP) is -0.0157. The van der Waals surface area contributed by atoms with Gasteiger partial charge < -0.3 is 26.7 Å². The van der Waals surface area contributed by atoms with Crippen LogP contribution in [0.2, 0.25) is 0 Å². The summed E-state index contributed by atoms with van der Waals surface area (Å²) >= 11 is 0. The van der Waals surface area contributed by atoms with E-state index in [4.69, 9.17) is 4.74 Å². The number of hydrogen-bond donors (Lipinski definition) is 1. The molecule has 5 heteroatoms. The molecule has 1 atom stereocenters. The van der Waals surface area contributed by atoms with Gasteiger partial charge in [0.05, 0.1) is 21.1 Å². The predicted molar refractivity (Wildman–Crippen MR) is 100 cm³/mol. The minimum Gasteiger partial charge on any atom is -1.00 e. The molecule has 1 N–H and O–H groups in total. The highest BCUT2D eigenvalue weighted by atomic mass is 35.5. The molecule has 0 heterocycles. The van der Waals surface area contributed by atoms with Crippen LogP contribution in [0.15, 0.2) is 42.5 Å². The van der Waals surface area contributed by atoms with Gasteiger partial charge in [0.25, 0.3) is 0 Å². The second-order valence-corrected chi connectivity index (χ2v) is 7.57. The van der Waals surface area contributed by atoms with Crippen LogP contribution < -0.4 is 17.1 Å². The molecule has 0 aliphatic carbocycles. The van der Waals surface area contributed by atoms with Crippen molar-refractivity contribution in [1.29, 1.82) is 0 Å². The third-order valence-corrected chi connectivity index (χ3v) is 3.94. The van der Waals surface area contributed by atoms with Crippen LogP contribution in [-0.4, -0.2) is 55.8 Å². The van der Waals surface area contributed by atoms with Gasteiger partial charge in [-0.2, -0.15) is 0 Å². The Hall–Kier alpha value is -1.88. The molecule has 0 aromatic heterocycles. The van der Waals surface area contributed by atoms with Gasteiger partial charge >= 0.3 is 0 Å². The van der Waals surface area contributed by atoms with Gasteiger partial charge in [0.1, 0.15) is 25.0 Å². The molecular formula is C21H28ClNO3. The summed E-state index contributed by atoms with van der Waals surface area (Å²) < 4.78 is 6.52. The fourth-order valence-corrected chi connectivity index (χ4v) is 2.93. The third-order valence-electron chi connectivity index (χ3n) is 3.94. The molecule has 4 nitrogen and oxygen atoms in total. The average Bonchev–Trinajstić information content (AvgIpc) is 2.52. The van der Waals surface area contributed by atoms with Crippen molar-refractivity contribution in [1.82, 2.24) is 0 Å². The van der Waals surface area contributed by atoms with E-state index in [1.165, 1.54) is 0 Å². The molecule has 0 aliphatic rings. The van der Waals surface area contributed by atoms with Gasteiger partial charge in [0.15, 0.2) is 5.78 Å². The molecule has 0 amide bonds. The van der Waals surface area contributed by atoms with Crippen LogP contribution in [0.5, 0.6) is 5.75 Å². The SMILES string of the molecule is Cc1cc(C(=O)c2ccccc2)cc(C)c1OCC(O)C[N+](C)(C)C.[Cl-]. The van der Waals surface area contributed by atoms with E-state index in [2.05, 4.69) is 0 Å². The summed E-state index contributed by atoms with van der Waals surface area (Å²) in [5, 5.41) is 10.1. The monoisotopic (exact) mass is 377 g/mol. The molecule has 0 saturated carbocycles. The number of ether oxygens (including phenoxy) is 1. The first-order valence-corrected chi connectivity index (χ1v) is 8.49. The molecule has 2 rings (SSSR count). The molecule has 0 bridgehead atoms. The van der Waals surface area contributed by atoms with Gasteiger partial charge in [-0.3, -0.25) is 4.79 Å². The number of rotatable bonds is 7. The maximum Gasteiger partial charge on any atom is 0.193 e. The Kier molecular flexibility index (Phi) is 7.82. The summed E-state index contributed by atoms with van der Waals surface area (Å²) in [6.45, 7) is 4.71. The summed E-state index contributed by atoms with van der Waals surface area (Å²) in [7, 11) is 6.09. The number of carbonyl (C=O) groups is 1. The van der Waals surface area contributed by atoms with Crippen LogP contribution in [0.1, 0.15) is 27.0 Å². The van der Waals surface area contributed by atoms with Crippen LogP contribution in [0, 0.1) is 13.8 Å². The second kappa shape index (κ2) is 9.17. The van der Waals surface area contributed by atoms with Crippen LogP contribution in [-0.2, 0) is 0 Å². The van der Waals surface area contributed by atoms with Crippen LogP contribution in [0.4, 0.5) is 0 Å². The molecule has 1 unspecified atom stereocenters. The molecule has 0 aliphatic heterocycles. The van der Waals surface area contributed by atoms with Gasteiger partial charge in [-0.15, -0.1) is 0 Å². The number of nitrogens with zero attached hydrogens (tertiary/aromatic N) is 1. The van der Waals surface area contributed by atoms with Gasteiger partial charge in [-0.25, -0.2) is 0 Å². The largest absolute Gasteiger partial charge is 1.00 e. The lowest BCUT2D eigenvalue weighted by Crippen LogP contribution is -3.00. The molecule has 26 heavy (non-hydrogen) atoms. The summed E-state index contributed by atoms with van der Waals surface area (Å²) in [5.74, 6) is 0.744. The van der Waals surface area contributed by atoms with Crippen molar-refractivity contribution in [2.75, 3.05) is 34.3 Å². The standard InChI is InChI=1S/C21H28NO3.ClH/c1-15-11-18(20(24)17-9-7-6-8-10-17)12-16(2)21(15)25-14-19(23)13-22(3,4)5;/h6-12,19,23H,13-14H2,1-5H3;1H/q+1;/p-1. The number of hydrogen-bond acceptors (Lipinski definition) is 3. The molecule has 0 saturated heterocycles. The van der Waals surface area contributed by atoms with Crippen molar-refractivity contribution in [3.63, 3.8) is 0 Å². The van der Waals surface area contributed by atoms with Gasteiger partial charge in [-0.05, 0) is 37.1 Å². The Morgan fingerprint density at radius 1 is 1.04 bits per heavy atom. The maximum atomic E-state index is 12.6. The van der Waals surface area contributed by atoms with Crippen LogP contribution >= 0.6 is 0 Å². The van der Waals surface area contributed by atoms with E-state index >= 15 is 0 Å². The fourth-order valence-electron chi connectivity index (χ4n) is 2.93. The summed E-state index contributed by atoms with van der Waals surface area (Å²) in [4.78, 5) is 12.6. The Morgan fingerprint density at radius 3 is 2.08 bits per heavy atom. The van der Waals surface area contributed by atoms with E-state index in [0.717, 1.165) is 16.9 Å². The lowest BCUT2D eigenvalue weighted by molar-refractivity contribution is -0.873. The molecule has 0 fully saturated rings. The Bertz CT molecular complexity index is 716. The third kappa shape index (κ3) is 6.13. The zero-order valence-electron chi connectivity index (χ0n) is 16.1. The normalized spacial score (nSPS) is 12.2. The number of aliphatic hydroxyl groups is 1. The fraction of sp³-hybridized carbons (Fsp3) is 0.381. The minimum atomic E-state index is -0.538. The second-order valence-electron chi connectivity index (χ2n) is 7.57. The highest BCUT2D eigenvalue weighted by Gasteiger charge is 2.18. The lowest BCUT2D eigenvalue weighted by Gasteiger charge is -2.27. The first-order valence-electron chi connectivity index (χ1n) is 8.49. The maximum absolute atomic E-state index is 12.6. The van der Waals surface area contributed by atoms with Crippen molar-refractivity contribution in [2.45, 2.75) is 20.0 Å². The van der Waals surface area contributed by atoms with Crippen molar-refractivity contribution in [3.05, 3.63) is 64.7 Å². The zero-order valence-corrected chi connectivity index (χ0v) is 16.9. The Labute approximate surface area is 162 Å². The van der Waals surface area contributed by atoms with Crippen molar-refractivity contribution in [3.8, 4) is 5.75 Å². The molecule has 0 spiro atoms. The van der Waals surface area contributed by atoms with E-state index < -0.39 is 6.10 Å². The number of ketones is 1. The van der Waals surface area contributed by atoms with E-state index in [1.807, 2.05) is 77.5 Å². The highest BCUT2D eigenvalue weighted by molar-refractivity contribution is 6.09. The van der Waals surface area contributed by atoms with E-state index in [1.54, 1.807) is 0 Å². The minimum absolute atomic E-state index is 0. The van der Waals surface area contributed by atoms with Crippen molar-refractivity contribution < 1.29 is 31.5 Å². The number of halogens is 1. The van der Waals surface area contributed by atoms with Gasteiger partial charge in [0, 0.05) is 11.1 Å². The number of carbonyl (C=O) groups excluding carboxylic acids is 1. The molecule has 2 aromatic rings. The number of aliphatic hydroxyl groups excluding tert-OH is 1. The molecule has 142 valence electrons. The summed E-state index contributed by atoms with van der Waals surface area (Å²) in [6.07, 6.45) is -0.538. The summed E-state index contributed by atoms with van der Waals surface area (Å²) in [6, 6.07) is 13.0. The topological polar surface area (TPSA) is 46.5 Å². The number of quaternary nitrogens is 1. The van der Waals surface area contributed by atoms with Gasteiger partial charge in [-0.1, -0.05) is 30.3 Å². The first-order chi connectivity index (χ1) is 11.7. The Morgan fingerprint density at radius 2 is 1.58 bits per heavy atom. The average molecular weight is 378 g/mol. The van der Waals surface area contributed by atoms with Gasteiger partial charge in [0.2, 0.25) is 0 Å². The number of aryl methyl sites for hydroxylation is 2. The first kappa shape index (κ1) is 22.2. The van der Waals surface area contributed by atoms with E-state index in [-0.39, 0.29) is 24.8 Å². The molecular weight excluding hydrogens is 350 g/mol. The van der Waals surface area contributed by atoms with Crippen LogP contribution in [0.3, 0.4) is 0 Å². The molecule has 0 radical (unpaired) electrons. The zero-order chi connectivity index (χ0) is 18.6. The molecule has 2 aromatic carbocycles. The quantitative estimate of drug-likeness (QED) is 0.545. The van der Waals surface area contributed by atoms with Crippen molar-refractivity contribution in [2.24, 2.45) is 0 Å². The number of benzene rings is 2.